The highest BCUT2D eigenvalue weighted by Crippen LogP contribution is 2.11. The Balaban J connectivity index is 2.64. The fourth-order valence-corrected chi connectivity index (χ4v) is 2.12. The topological polar surface area (TPSA) is 64.6 Å². The number of benzene rings is 1. The van der Waals surface area contributed by atoms with Gasteiger partial charge in [0.05, 0.1) is 6.61 Å². The van der Waals surface area contributed by atoms with Crippen LogP contribution >= 0.6 is 0 Å². The summed E-state index contributed by atoms with van der Waals surface area (Å²) in [6, 6.07) is 9.65. The van der Waals surface area contributed by atoms with Crippen molar-refractivity contribution in [2.24, 2.45) is 0 Å². The first-order valence-electron chi connectivity index (χ1n) is 7.99. The second kappa shape index (κ2) is 9.18. The quantitative estimate of drug-likeness (QED) is 0.781. The van der Waals surface area contributed by atoms with E-state index in [1.165, 1.54) is 0 Å². The molecule has 0 aromatic heterocycles. The molecule has 1 rings (SSSR count). The average molecular weight is 321 g/mol. The van der Waals surface area contributed by atoms with Gasteiger partial charge in [-0.05, 0) is 46.1 Å². The number of rotatable bonds is 7. The molecule has 0 heterocycles. The fourth-order valence-electron chi connectivity index (χ4n) is 2.12. The van der Waals surface area contributed by atoms with Crippen LogP contribution in [0.5, 0.6) is 0 Å². The molecule has 0 aliphatic carbocycles. The maximum absolute atomic E-state index is 12.0. The maximum Gasteiger partial charge on any atom is 0.407 e. The second-order valence-electron chi connectivity index (χ2n) is 6.38. The van der Waals surface area contributed by atoms with Crippen LogP contribution in [0, 0.1) is 0 Å². The van der Waals surface area contributed by atoms with Gasteiger partial charge in [0.2, 0.25) is 0 Å². The Morgan fingerprint density at radius 1 is 1.17 bits per heavy atom. The molecule has 1 amide bonds. The number of carbonyl (C=O) groups is 2. The summed E-state index contributed by atoms with van der Waals surface area (Å²) in [5.41, 5.74) is 0.542. The highest BCUT2D eigenvalue weighted by Gasteiger charge is 2.20. The lowest BCUT2D eigenvalue weighted by atomic mass is 10.0. The Bertz CT molecular complexity index is 493. The predicted molar refractivity (Wildman–Crippen MR) is 89.2 cm³/mol. The van der Waals surface area contributed by atoms with Crippen LogP contribution in [0.3, 0.4) is 0 Å². The minimum atomic E-state index is -0.553. The zero-order valence-electron chi connectivity index (χ0n) is 14.4. The van der Waals surface area contributed by atoms with Gasteiger partial charge in [0.25, 0.3) is 0 Å². The number of carbonyl (C=O) groups excluding carboxylic acids is 2. The molecule has 0 radical (unpaired) electrons. The van der Waals surface area contributed by atoms with Crippen LogP contribution in [0.4, 0.5) is 4.79 Å². The van der Waals surface area contributed by atoms with E-state index < -0.39 is 11.7 Å². The molecular weight excluding hydrogens is 294 g/mol. The number of alkyl carbamates (subject to hydrolysis) is 1. The van der Waals surface area contributed by atoms with Crippen LogP contribution in [0.25, 0.3) is 0 Å². The highest BCUT2D eigenvalue weighted by molar-refractivity contribution is 5.70. The lowest BCUT2D eigenvalue weighted by Gasteiger charge is -2.23. The summed E-state index contributed by atoms with van der Waals surface area (Å²) in [4.78, 5) is 23.5. The predicted octanol–water partition coefficient (Wildman–Crippen LogP) is 3.47. The molecular formula is C18H27NO4. The third-order valence-corrected chi connectivity index (χ3v) is 3.05. The Morgan fingerprint density at radius 2 is 1.83 bits per heavy atom. The van der Waals surface area contributed by atoms with Crippen molar-refractivity contribution >= 4 is 12.1 Å². The van der Waals surface area contributed by atoms with Gasteiger partial charge in [0, 0.05) is 12.5 Å². The van der Waals surface area contributed by atoms with Gasteiger partial charge in [-0.3, -0.25) is 4.79 Å². The van der Waals surface area contributed by atoms with E-state index in [1.807, 2.05) is 51.1 Å². The number of hydrogen-bond acceptors (Lipinski definition) is 4. The smallest absolute Gasteiger partial charge is 0.407 e. The van der Waals surface area contributed by atoms with Crippen molar-refractivity contribution in [2.45, 2.75) is 58.6 Å². The van der Waals surface area contributed by atoms with Gasteiger partial charge < -0.3 is 14.8 Å². The third kappa shape index (κ3) is 8.86. The summed E-state index contributed by atoms with van der Waals surface area (Å²) in [5.74, 6) is -0.253. The lowest BCUT2D eigenvalue weighted by molar-refractivity contribution is -0.143. The molecule has 1 N–H and O–H groups in total. The Hall–Kier alpha value is -2.04. The van der Waals surface area contributed by atoms with Crippen molar-refractivity contribution < 1.29 is 19.1 Å². The van der Waals surface area contributed by atoms with Crippen molar-refractivity contribution in [1.29, 1.82) is 0 Å². The summed E-state index contributed by atoms with van der Waals surface area (Å²) in [6.45, 7) is 7.59. The van der Waals surface area contributed by atoms with Crippen LogP contribution in [-0.2, 0) is 20.7 Å². The Labute approximate surface area is 138 Å². The van der Waals surface area contributed by atoms with Crippen LogP contribution in [0.1, 0.15) is 46.1 Å². The molecule has 128 valence electrons. The molecule has 5 heteroatoms. The van der Waals surface area contributed by atoms with E-state index >= 15 is 0 Å². The summed E-state index contributed by atoms with van der Waals surface area (Å²) in [6.07, 6.45) is 0.940. The van der Waals surface area contributed by atoms with Gasteiger partial charge in [-0.25, -0.2) is 4.79 Å². The van der Waals surface area contributed by atoms with E-state index in [2.05, 4.69) is 5.32 Å². The highest BCUT2D eigenvalue weighted by atomic mass is 16.6. The normalized spacial score (nSPS) is 12.3. The number of hydrogen-bond donors (Lipinski definition) is 1. The molecule has 0 saturated carbocycles. The molecule has 1 aromatic rings. The lowest BCUT2D eigenvalue weighted by Crippen LogP contribution is -2.40. The monoisotopic (exact) mass is 321 g/mol. The zero-order valence-corrected chi connectivity index (χ0v) is 14.4. The molecule has 1 atom stereocenters. The van der Waals surface area contributed by atoms with E-state index in [0.29, 0.717) is 19.4 Å². The zero-order chi connectivity index (χ0) is 17.3. The molecule has 5 nitrogen and oxygen atoms in total. The van der Waals surface area contributed by atoms with Crippen LogP contribution in [-0.4, -0.2) is 30.3 Å². The molecule has 1 aromatic carbocycles. The van der Waals surface area contributed by atoms with Gasteiger partial charge >= 0.3 is 12.1 Å². The first-order chi connectivity index (χ1) is 10.8. The largest absolute Gasteiger partial charge is 0.466 e. The van der Waals surface area contributed by atoms with Crippen LogP contribution < -0.4 is 5.32 Å². The van der Waals surface area contributed by atoms with E-state index in [9.17, 15) is 9.59 Å². The van der Waals surface area contributed by atoms with Crippen molar-refractivity contribution in [1.82, 2.24) is 5.32 Å². The van der Waals surface area contributed by atoms with E-state index in [1.54, 1.807) is 6.92 Å². The van der Waals surface area contributed by atoms with Gasteiger partial charge in [0.15, 0.2) is 0 Å². The molecule has 0 aliphatic rings. The Kier molecular flexibility index (Phi) is 7.59. The van der Waals surface area contributed by atoms with E-state index in [0.717, 1.165) is 5.56 Å². The van der Waals surface area contributed by atoms with E-state index in [-0.39, 0.29) is 18.4 Å². The first kappa shape index (κ1) is 19.0. The SMILES string of the molecule is CCOC(=O)CC[C@@H](Cc1ccccc1)NC(=O)OC(C)(C)C. The number of esters is 1. The second-order valence-corrected chi connectivity index (χ2v) is 6.38. The average Bonchev–Trinajstić information content (AvgIpc) is 2.44. The summed E-state index contributed by atoms with van der Waals surface area (Å²) in [5, 5.41) is 2.85. The first-order valence-corrected chi connectivity index (χ1v) is 7.99. The molecule has 0 spiro atoms. The van der Waals surface area contributed by atoms with Crippen molar-refractivity contribution in [3.8, 4) is 0 Å². The maximum atomic E-state index is 12.0. The minimum absolute atomic E-state index is 0.184. The summed E-state index contributed by atoms with van der Waals surface area (Å²) in [7, 11) is 0. The van der Waals surface area contributed by atoms with Crippen molar-refractivity contribution in [3.63, 3.8) is 0 Å². The Morgan fingerprint density at radius 3 is 2.39 bits per heavy atom. The number of amides is 1. The van der Waals surface area contributed by atoms with Gasteiger partial charge in [-0.2, -0.15) is 0 Å². The molecule has 0 unspecified atom stereocenters. The van der Waals surface area contributed by atoms with Gasteiger partial charge in [-0.1, -0.05) is 30.3 Å². The molecule has 0 bridgehead atoms. The van der Waals surface area contributed by atoms with Crippen LogP contribution in [0.2, 0.25) is 0 Å². The van der Waals surface area contributed by atoms with Gasteiger partial charge in [-0.15, -0.1) is 0 Å². The molecule has 23 heavy (non-hydrogen) atoms. The van der Waals surface area contributed by atoms with Crippen molar-refractivity contribution in [3.05, 3.63) is 35.9 Å². The van der Waals surface area contributed by atoms with Gasteiger partial charge in [0.1, 0.15) is 5.60 Å². The van der Waals surface area contributed by atoms with Crippen molar-refractivity contribution in [2.75, 3.05) is 6.61 Å². The molecule has 0 fully saturated rings. The minimum Gasteiger partial charge on any atom is -0.466 e. The van der Waals surface area contributed by atoms with Crippen LogP contribution in [0.15, 0.2) is 30.3 Å². The number of nitrogens with one attached hydrogen (secondary N) is 1. The standard InChI is InChI=1S/C18H27NO4/c1-5-22-16(20)12-11-15(13-14-9-7-6-8-10-14)19-17(21)23-18(2,3)4/h6-10,15H,5,11-13H2,1-4H3,(H,19,21)/t15-/m0/s1. The summed E-state index contributed by atoms with van der Waals surface area (Å²) >= 11 is 0. The summed E-state index contributed by atoms with van der Waals surface area (Å²) < 4.78 is 10.2. The molecule has 0 aliphatic heterocycles. The van der Waals surface area contributed by atoms with E-state index in [4.69, 9.17) is 9.47 Å². The fraction of sp³-hybridized carbons (Fsp3) is 0.556. The number of ether oxygens (including phenoxy) is 2. The molecule has 0 saturated heterocycles. The third-order valence-electron chi connectivity index (χ3n) is 3.05.